The zero-order valence-corrected chi connectivity index (χ0v) is 11.6. The van der Waals surface area contributed by atoms with Gasteiger partial charge in [0.05, 0.1) is 0 Å². The lowest BCUT2D eigenvalue weighted by Crippen LogP contribution is -2.32. The second-order valence-electron chi connectivity index (χ2n) is 6.11. The Morgan fingerprint density at radius 1 is 1.42 bits per heavy atom. The number of carbonyl (C=O) groups is 1. The molecular formula is C17H21NO. The van der Waals surface area contributed by atoms with Crippen molar-refractivity contribution < 1.29 is 4.79 Å². The molecule has 2 saturated carbocycles. The van der Waals surface area contributed by atoms with Gasteiger partial charge >= 0.3 is 0 Å². The number of carbonyl (C=O) groups excluding carboxylic acids is 1. The third-order valence-corrected chi connectivity index (χ3v) is 4.54. The normalized spacial score (nSPS) is 22.1. The van der Waals surface area contributed by atoms with E-state index >= 15 is 0 Å². The van der Waals surface area contributed by atoms with Crippen LogP contribution in [0.1, 0.15) is 30.4 Å². The largest absolute Gasteiger partial charge is 0.334 e. The van der Waals surface area contributed by atoms with Crippen LogP contribution < -0.4 is 0 Å². The highest BCUT2D eigenvalue weighted by molar-refractivity contribution is 5.83. The van der Waals surface area contributed by atoms with Gasteiger partial charge in [-0.15, -0.1) is 6.58 Å². The van der Waals surface area contributed by atoms with Gasteiger partial charge in [0.1, 0.15) is 0 Å². The van der Waals surface area contributed by atoms with Gasteiger partial charge in [-0.05, 0) is 37.2 Å². The van der Waals surface area contributed by atoms with Crippen LogP contribution in [0.25, 0.3) is 0 Å². The molecule has 1 aromatic carbocycles. The summed E-state index contributed by atoms with van der Waals surface area (Å²) in [6, 6.07) is 8.42. The van der Waals surface area contributed by atoms with Gasteiger partial charge in [-0.3, -0.25) is 4.79 Å². The van der Waals surface area contributed by atoms with Crippen LogP contribution in [0.3, 0.4) is 0 Å². The average Bonchev–Trinajstić information content (AvgIpc) is 3.32. The lowest BCUT2D eigenvalue weighted by atomic mass is 10.1. The minimum Gasteiger partial charge on any atom is -0.334 e. The first-order valence-electron chi connectivity index (χ1n) is 7.10. The lowest BCUT2D eigenvalue weighted by molar-refractivity contribution is -0.133. The van der Waals surface area contributed by atoms with Gasteiger partial charge in [0.2, 0.25) is 5.91 Å². The van der Waals surface area contributed by atoms with Gasteiger partial charge in [0, 0.05) is 19.0 Å². The summed E-state index contributed by atoms with van der Waals surface area (Å²) in [7, 11) is 0. The van der Waals surface area contributed by atoms with Crippen LogP contribution in [-0.2, 0) is 11.3 Å². The van der Waals surface area contributed by atoms with E-state index in [4.69, 9.17) is 0 Å². The molecule has 2 aliphatic rings. The Bertz CT molecular complexity index is 498. The Hall–Kier alpha value is -1.57. The highest BCUT2D eigenvalue weighted by atomic mass is 16.2. The lowest BCUT2D eigenvalue weighted by Gasteiger charge is -2.21. The van der Waals surface area contributed by atoms with Crippen LogP contribution in [0.2, 0.25) is 0 Å². The summed E-state index contributed by atoms with van der Waals surface area (Å²) in [5, 5.41) is 0. The van der Waals surface area contributed by atoms with Crippen LogP contribution in [0.4, 0.5) is 0 Å². The Labute approximate surface area is 115 Å². The zero-order valence-electron chi connectivity index (χ0n) is 11.6. The van der Waals surface area contributed by atoms with E-state index in [-0.39, 0.29) is 0 Å². The monoisotopic (exact) mass is 255 g/mol. The summed E-state index contributed by atoms with van der Waals surface area (Å²) in [5.74, 6) is 0.635. The van der Waals surface area contributed by atoms with E-state index < -0.39 is 0 Å². The Morgan fingerprint density at radius 2 is 2.11 bits per heavy atom. The fourth-order valence-corrected chi connectivity index (χ4v) is 2.93. The minimum absolute atomic E-state index is 0.304. The third-order valence-electron chi connectivity index (χ3n) is 4.54. The molecule has 0 aliphatic heterocycles. The van der Waals surface area contributed by atoms with Crippen molar-refractivity contribution in [2.75, 3.05) is 6.54 Å². The van der Waals surface area contributed by atoms with E-state index in [1.807, 2.05) is 11.0 Å². The molecule has 0 aromatic heterocycles. The SMILES string of the molecule is C=CCN(Cc1ccc(C)cc1)C(=O)C1CC12CC2. The van der Waals surface area contributed by atoms with Crippen LogP contribution in [-0.4, -0.2) is 17.4 Å². The van der Waals surface area contributed by atoms with E-state index in [1.165, 1.54) is 24.0 Å². The first-order chi connectivity index (χ1) is 9.14. The molecule has 2 aliphatic carbocycles. The summed E-state index contributed by atoms with van der Waals surface area (Å²) in [6.07, 6.45) is 5.47. The van der Waals surface area contributed by atoms with E-state index in [1.54, 1.807) is 0 Å². The first-order valence-corrected chi connectivity index (χ1v) is 7.10. The topological polar surface area (TPSA) is 20.3 Å². The molecule has 0 radical (unpaired) electrons. The zero-order chi connectivity index (χ0) is 13.5. The fraction of sp³-hybridized carbons (Fsp3) is 0.471. The smallest absolute Gasteiger partial charge is 0.226 e. The first kappa shape index (κ1) is 12.5. The molecule has 0 heterocycles. The summed E-state index contributed by atoms with van der Waals surface area (Å²) in [4.78, 5) is 14.5. The van der Waals surface area contributed by atoms with Crippen molar-refractivity contribution in [3.63, 3.8) is 0 Å². The molecule has 3 rings (SSSR count). The van der Waals surface area contributed by atoms with Crippen LogP contribution in [0, 0.1) is 18.3 Å². The second-order valence-corrected chi connectivity index (χ2v) is 6.11. The van der Waals surface area contributed by atoms with E-state index in [0.29, 0.717) is 30.3 Å². The Balaban J connectivity index is 1.68. The summed E-state index contributed by atoms with van der Waals surface area (Å²) < 4.78 is 0. The predicted octanol–water partition coefficient (Wildman–Crippen LogP) is 3.31. The predicted molar refractivity (Wildman–Crippen MR) is 76.6 cm³/mol. The maximum Gasteiger partial charge on any atom is 0.226 e. The van der Waals surface area contributed by atoms with E-state index in [9.17, 15) is 4.79 Å². The Morgan fingerprint density at radius 3 is 2.63 bits per heavy atom. The molecular weight excluding hydrogens is 234 g/mol. The molecule has 1 unspecified atom stereocenters. The molecule has 19 heavy (non-hydrogen) atoms. The molecule has 1 amide bonds. The molecule has 2 nitrogen and oxygen atoms in total. The molecule has 2 heteroatoms. The molecule has 100 valence electrons. The third kappa shape index (κ3) is 2.44. The van der Waals surface area contributed by atoms with Gasteiger partial charge in [0.25, 0.3) is 0 Å². The van der Waals surface area contributed by atoms with Crippen molar-refractivity contribution in [1.82, 2.24) is 4.90 Å². The molecule has 0 saturated heterocycles. The number of hydrogen-bond donors (Lipinski definition) is 0. The van der Waals surface area contributed by atoms with E-state index in [0.717, 1.165) is 6.42 Å². The highest BCUT2D eigenvalue weighted by Gasteiger charge is 2.66. The van der Waals surface area contributed by atoms with Crippen molar-refractivity contribution in [2.24, 2.45) is 11.3 Å². The average molecular weight is 255 g/mol. The number of rotatable bonds is 5. The van der Waals surface area contributed by atoms with Gasteiger partial charge in [0.15, 0.2) is 0 Å². The van der Waals surface area contributed by atoms with Gasteiger partial charge in [-0.1, -0.05) is 35.9 Å². The van der Waals surface area contributed by atoms with Gasteiger partial charge in [-0.25, -0.2) is 0 Å². The van der Waals surface area contributed by atoms with Crippen molar-refractivity contribution in [3.05, 3.63) is 48.0 Å². The fourth-order valence-electron chi connectivity index (χ4n) is 2.93. The highest BCUT2D eigenvalue weighted by Crippen LogP contribution is 2.70. The van der Waals surface area contributed by atoms with Crippen LogP contribution >= 0.6 is 0 Å². The standard InChI is InChI=1S/C17H21NO/c1-3-10-18(12-14-6-4-13(2)5-7-14)16(19)15-11-17(15)8-9-17/h3-7,15H,1,8-12H2,2H3. The molecule has 1 aromatic rings. The molecule has 0 bridgehead atoms. The molecule has 2 fully saturated rings. The van der Waals surface area contributed by atoms with Crippen molar-refractivity contribution in [1.29, 1.82) is 0 Å². The number of nitrogens with zero attached hydrogens (tertiary/aromatic N) is 1. The summed E-state index contributed by atoms with van der Waals surface area (Å²) >= 11 is 0. The molecule has 1 spiro atoms. The summed E-state index contributed by atoms with van der Waals surface area (Å²) in [5.41, 5.74) is 2.89. The van der Waals surface area contributed by atoms with Crippen LogP contribution in [0.15, 0.2) is 36.9 Å². The minimum atomic E-state index is 0.304. The van der Waals surface area contributed by atoms with Crippen molar-refractivity contribution in [3.8, 4) is 0 Å². The van der Waals surface area contributed by atoms with Crippen molar-refractivity contribution >= 4 is 5.91 Å². The molecule has 1 atom stereocenters. The number of benzene rings is 1. The van der Waals surface area contributed by atoms with Crippen LogP contribution in [0.5, 0.6) is 0 Å². The summed E-state index contributed by atoms with van der Waals surface area (Å²) in [6.45, 7) is 7.22. The van der Waals surface area contributed by atoms with Gasteiger partial charge in [-0.2, -0.15) is 0 Å². The maximum atomic E-state index is 12.5. The number of amides is 1. The quantitative estimate of drug-likeness (QED) is 0.739. The maximum absolute atomic E-state index is 12.5. The molecule has 0 N–H and O–H groups in total. The van der Waals surface area contributed by atoms with Crippen molar-refractivity contribution in [2.45, 2.75) is 32.7 Å². The Kier molecular flexibility index (Phi) is 2.96. The van der Waals surface area contributed by atoms with E-state index in [2.05, 4.69) is 37.8 Å². The number of aryl methyl sites for hydroxylation is 1. The number of hydrogen-bond acceptors (Lipinski definition) is 1. The van der Waals surface area contributed by atoms with Gasteiger partial charge < -0.3 is 4.90 Å². The second kappa shape index (κ2) is 4.52.